The molecule has 0 unspecified atom stereocenters. The molecule has 7 heteroatoms. The predicted molar refractivity (Wildman–Crippen MR) is 105 cm³/mol. The first-order valence-electron chi connectivity index (χ1n) is 9.54. The molecule has 3 rings (SSSR count). The lowest BCUT2D eigenvalue weighted by Gasteiger charge is -2.31. The zero-order valence-electron chi connectivity index (χ0n) is 16.0. The second-order valence-electron chi connectivity index (χ2n) is 7.22. The molecule has 0 radical (unpaired) electrons. The van der Waals surface area contributed by atoms with Crippen LogP contribution in [-0.2, 0) is 4.79 Å². The summed E-state index contributed by atoms with van der Waals surface area (Å²) in [5.74, 6) is 1.01. The Hall–Kier alpha value is -2.25. The first-order valence-corrected chi connectivity index (χ1v) is 9.54. The molecule has 2 N–H and O–H groups in total. The molecule has 0 saturated carbocycles. The van der Waals surface area contributed by atoms with Gasteiger partial charge in [0, 0.05) is 6.07 Å². The van der Waals surface area contributed by atoms with Crippen LogP contribution in [0.5, 0.6) is 0 Å². The molecular weight excluding hydrogens is 345 g/mol. The number of benzene rings is 1. The average Bonchev–Trinajstić information content (AvgIpc) is 3.01. The molecule has 1 amide bonds. The Morgan fingerprint density at radius 1 is 1.26 bits per heavy atom. The number of aryl methyl sites for hydroxylation is 1. The third kappa shape index (κ3) is 5.37. The highest BCUT2D eigenvalue weighted by Gasteiger charge is 2.21. The van der Waals surface area contributed by atoms with E-state index in [0.29, 0.717) is 18.1 Å². The second-order valence-corrected chi connectivity index (χ2v) is 7.22. The molecule has 2 heterocycles. The Kier molecular flexibility index (Phi) is 6.58. The van der Waals surface area contributed by atoms with E-state index >= 15 is 0 Å². The average molecular weight is 373 g/mol. The van der Waals surface area contributed by atoms with Crippen molar-refractivity contribution in [3.05, 3.63) is 41.8 Å². The number of amides is 1. The summed E-state index contributed by atoms with van der Waals surface area (Å²) in [6.45, 7) is 5.21. The zero-order chi connectivity index (χ0) is 19.2. The van der Waals surface area contributed by atoms with Crippen LogP contribution in [0.25, 0.3) is 5.69 Å². The molecule has 1 fully saturated rings. The van der Waals surface area contributed by atoms with Crippen LogP contribution >= 0.6 is 0 Å². The van der Waals surface area contributed by atoms with E-state index in [9.17, 15) is 9.18 Å². The molecule has 1 aromatic heterocycles. The number of nitrogens with zero attached hydrogens (tertiary/aromatic N) is 3. The van der Waals surface area contributed by atoms with Crippen molar-refractivity contribution in [2.45, 2.75) is 26.2 Å². The van der Waals surface area contributed by atoms with Crippen molar-refractivity contribution in [2.24, 2.45) is 5.92 Å². The minimum atomic E-state index is -0.300. The van der Waals surface area contributed by atoms with Crippen molar-refractivity contribution in [1.82, 2.24) is 20.0 Å². The van der Waals surface area contributed by atoms with Crippen molar-refractivity contribution in [3.8, 4) is 5.69 Å². The van der Waals surface area contributed by atoms with Crippen LogP contribution in [-0.4, -0.2) is 53.8 Å². The van der Waals surface area contributed by atoms with Gasteiger partial charge in [-0.2, -0.15) is 5.10 Å². The summed E-state index contributed by atoms with van der Waals surface area (Å²) in [6.07, 6.45) is 3.48. The topological polar surface area (TPSA) is 62.2 Å². The zero-order valence-corrected chi connectivity index (χ0v) is 16.0. The Morgan fingerprint density at radius 2 is 1.96 bits per heavy atom. The van der Waals surface area contributed by atoms with E-state index < -0.39 is 0 Å². The molecule has 0 spiro atoms. The number of piperidine rings is 1. The number of carbonyl (C=O) groups excluding carboxylic acids is 1. The first kappa shape index (κ1) is 19.5. The number of rotatable bonds is 7. The molecule has 2 aromatic rings. The van der Waals surface area contributed by atoms with Crippen molar-refractivity contribution in [1.29, 1.82) is 0 Å². The van der Waals surface area contributed by atoms with Crippen LogP contribution in [0, 0.1) is 18.7 Å². The minimum absolute atomic E-state index is 0.0491. The maximum Gasteiger partial charge on any atom is 0.239 e. The van der Waals surface area contributed by atoms with Gasteiger partial charge in [0.15, 0.2) is 0 Å². The van der Waals surface area contributed by atoms with Gasteiger partial charge in [-0.25, -0.2) is 9.07 Å². The van der Waals surface area contributed by atoms with Gasteiger partial charge in [-0.15, -0.1) is 0 Å². The number of hydrogen-bond donors (Lipinski definition) is 2. The molecule has 0 aliphatic carbocycles. The lowest BCUT2D eigenvalue weighted by atomic mass is 9.93. The molecule has 27 heavy (non-hydrogen) atoms. The highest BCUT2D eigenvalue weighted by molar-refractivity contribution is 5.91. The predicted octanol–water partition coefficient (Wildman–Crippen LogP) is 2.58. The van der Waals surface area contributed by atoms with Gasteiger partial charge in [-0.05, 0) is 83.1 Å². The van der Waals surface area contributed by atoms with Gasteiger partial charge in [0.1, 0.15) is 11.6 Å². The highest BCUT2D eigenvalue weighted by atomic mass is 19.1. The number of hydrogen-bond acceptors (Lipinski definition) is 4. The smallest absolute Gasteiger partial charge is 0.239 e. The number of anilines is 1. The van der Waals surface area contributed by atoms with Gasteiger partial charge in [-0.3, -0.25) is 9.69 Å². The Balaban J connectivity index is 1.57. The quantitative estimate of drug-likeness (QED) is 0.783. The van der Waals surface area contributed by atoms with Crippen LogP contribution in [0.3, 0.4) is 0 Å². The van der Waals surface area contributed by atoms with E-state index in [-0.39, 0.29) is 11.7 Å². The van der Waals surface area contributed by atoms with Crippen LogP contribution in [0.1, 0.15) is 25.0 Å². The van der Waals surface area contributed by atoms with E-state index in [1.807, 2.05) is 20.0 Å². The molecule has 1 aliphatic rings. The summed E-state index contributed by atoms with van der Waals surface area (Å²) in [4.78, 5) is 14.7. The molecule has 146 valence electrons. The Morgan fingerprint density at radius 3 is 2.63 bits per heavy atom. The maximum atomic E-state index is 13.2. The van der Waals surface area contributed by atoms with Crippen LogP contribution in [0.4, 0.5) is 10.2 Å². The van der Waals surface area contributed by atoms with E-state index in [1.54, 1.807) is 16.8 Å². The van der Waals surface area contributed by atoms with Crippen LogP contribution in [0.15, 0.2) is 30.3 Å². The minimum Gasteiger partial charge on any atom is -0.320 e. The molecular formula is C20H28FN5O. The monoisotopic (exact) mass is 373 g/mol. The molecule has 0 atom stereocenters. The maximum absolute atomic E-state index is 13.2. The normalized spacial score (nSPS) is 15.8. The number of nitrogens with one attached hydrogen (secondary N) is 2. The SMILES string of the molecule is CNCCC1CCN(CC(=O)Nc2cc(C)nn2-c2ccc(F)cc2)CC1. The summed E-state index contributed by atoms with van der Waals surface area (Å²) < 4.78 is 14.8. The first-order chi connectivity index (χ1) is 13.0. The van der Waals surface area contributed by atoms with Gasteiger partial charge in [0.2, 0.25) is 5.91 Å². The fourth-order valence-corrected chi connectivity index (χ4v) is 3.53. The molecule has 1 aliphatic heterocycles. The summed E-state index contributed by atoms with van der Waals surface area (Å²) in [6, 6.07) is 7.89. The van der Waals surface area contributed by atoms with Gasteiger partial charge in [0.25, 0.3) is 0 Å². The van der Waals surface area contributed by atoms with Crippen molar-refractivity contribution in [3.63, 3.8) is 0 Å². The summed E-state index contributed by atoms with van der Waals surface area (Å²) in [5.41, 5.74) is 1.50. The summed E-state index contributed by atoms with van der Waals surface area (Å²) >= 11 is 0. The van der Waals surface area contributed by atoms with Crippen LogP contribution in [0.2, 0.25) is 0 Å². The number of likely N-dealkylation sites (tertiary alicyclic amines) is 1. The van der Waals surface area contributed by atoms with Crippen LogP contribution < -0.4 is 10.6 Å². The standard InChI is InChI=1S/C20H28FN5O/c1-15-13-19(26(24-15)18-5-3-17(21)4-6-18)23-20(27)14-25-11-8-16(9-12-25)7-10-22-2/h3-6,13,16,22H,7-12,14H2,1-2H3,(H,23,27). The molecule has 1 saturated heterocycles. The Bertz CT molecular complexity index is 750. The highest BCUT2D eigenvalue weighted by Crippen LogP contribution is 2.21. The third-order valence-corrected chi connectivity index (χ3v) is 5.05. The Labute approximate surface area is 159 Å². The largest absolute Gasteiger partial charge is 0.320 e. The fourth-order valence-electron chi connectivity index (χ4n) is 3.53. The van der Waals surface area contributed by atoms with Gasteiger partial charge in [0.05, 0.1) is 17.9 Å². The number of halogens is 1. The third-order valence-electron chi connectivity index (χ3n) is 5.05. The lowest BCUT2D eigenvalue weighted by molar-refractivity contribution is -0.117. The van der Waals surface area contributed by atoms with Gasteiger partial charge >= 0.3 is 0 Å². The van der Waals surface area contributed by atoms with E-state index in [1.165, 1.54) is 18.6 Å². The molecule has 1 aromatic carbocycles. The van der Waals surface area contributed by atoms with Crippen molar-refractivity contribution >= 4 is 11.7 Å². The second kappa shape index (κ2) is 9.10. The van der Waals surface area contributed by atoms with E-state index in [0.717, 1.165) is 44.1 Å². The fraction of sp³-hybridized carbons (Fsp3) is 0.500. The van der Waals surface area contributed by atoms with Gasteiger partial charge in [-0.1, -0.05) is 0 Å². The van der Waals surface area contributed by atoms with E-state index in [2.05, 4.69) is 20.6 Å². The lowest BCUT2D eigenvalue weighted by Crippen LogP contribution is -2.39. The summed E-state index contributed by atoms with van der Waals surface area (Å²) in [7, 11) is 1.98. The van der Waals surface area contributed by atoms with E-state index in [4.69, 9.17) is 0 Å². The summed E-state index contributed by atoms with van der Waals surface area (Å²) in [5, 5.41) is 10.6. The molecule has 0 bridgehead atoms. The molecule has 6 nitrogen and oxygen atoms in total. The number of carbonyl (C=O) groups is 1. The number of aromatic nitrogens is 2. The van der Waals surface area contributed by atoms with Gasteiger partial charge < -0.3 is 10.6 Å². The van der Waals surface area contributed by atoms with Crippen molar-refractivity contribution in [2.75, 3.05) is 38.5 Å². The van der Waals surface area contributed by atoms with Crippen molar-refractivity contribution < 1.29 is 9.18 Å².